The number of ether oxygens (including phenoxy) is 1. The van der Waals surface area contributed by atoms with Crippen LogP contribution < -0.4 is 10.0 Å². The van der Waals surface area contributed by atoms with E-state index in [1.807, 2.05) is 13.8 Å². The molecule has 23 heavy (non-hydrogen) atoms. The molecule has 0 bridgehead atoms. The number of sulfonamides is 1. The fourth-order valence-electron chi connectivity index (χ4n) is 1.83. The van der Waals surface area contributed by atoms with Gasteiger partial charge in [-0.2, -0.15) is 0 Å². The third-order valence-corrected chi connectivity index (χ3v) is 4.62. The van der Waals surface area contributed by atoms with Gasteiger partial charge in [0.05, 0.1) is 11.5 Å². The van der Waals surface area contributed by atoms with Gasteiger partial charge in [-0.1, -0.05) is 26.0 Å². The number of amides is 1. The molecule has 130 valence electrons. The first kappa shape index (κ1) is 19.6. The molecule has 0 aliphatic carbocycles. The highest BCUT2D eigenvalue weighted by Gasteiger charge is 2.13. The van der Waals surface area contributed by atoms with Crippen LogP contribution in [0.15, 0.2) is 29.2 Å². The van der Waals surface area contributed by atoms with Gasteiger partial charge in [-0.3, -0.25) is 4.79 Å². The number of benzene rings is 1. The summed E-state index contributed by atoms with van der Waals surface area (Å²) in [6, 6.07) is 6.63. The highest BCUT2D eigenvalue weighted by Crippen LogP contribution is 2.12. The Morgan fingerprint density at radius 1 is 1.22 bits per heavy atom. The first-order chi connectivity index (χ1) is 10.8. The number of aryl methyl sites for hydroxylation is 1. The molecule has 0 aliphatic heterocycles. The summed E-state index contributed by atoms with van der Waals surface area (Å²) in [7, 11) is -1.88. The van der Waals surface area contributed by atoms with Crippen LogP contribution >= 0.6 is 0 Å². The molecule has 0 saturated carbocycles. The van der Waals surface area contributed by atoms with Crippen LogP contribution in [0.25, 0.3) is 0 Å². The van der Waals surface area contributed by atoms with E-state index in [1.165, 1.54) is 0 Å². The van der Waals surface area contributed by atoms with Gasteiger partial charge >= 0.3 is 0 Å². The molecule has 0 unspecified atom stereocenters. The van der Waals surface area contributed by atoms with E-state index in [0.29, 0.717) is 32.5 Å². The molecule has 0 spiro atoms. The van der Waals surface area contributed by atoms with Crippen molar-refractivity contribution >= 4 is 15.9 Å². The maximum absolute atomic E-state index is 12.1. The van der Waals surface area contributed by atoms with Crippen LogP contribution in [0, 0.1) is 5.92 Å². The molecule has 0 heterocycles. The van der Waals surface area contributed by atoms with Gasteiger partial charge in [0, 0.05) is 26.6 Å². The fraction of sp³-hybridized carbons (Fsp3) is 0.562. The summed E-state index contributed by atoms with van der Waals surface area (Å²) in [6.07, 6.45) is 0.931. The zero-order valence-electron chi connectivity index (χ0n) is 14.0. The van der Waals surface area contributed by atoms with Gasteiger partial charge in [0.25, 0.3) is 0 Å². The van der Waals surface area contributed by atoms with Crippen molar-refractivity contribution in [2.45, 2.75) is 31.6 Å². The van der Waals surface area contributed by atoms with E-state index in [2.05, 4.69) is 10.0 Å². The van der Waals surface area contributed by atoms with E-state index in [-0.39, 0.29) is 16.7 Å². The molecule has 0 atom stereocenters. The Bertz CT molecular complexity index is 583. The van der Waals surface area contributed by atoms with Crippen molar-refractivity contribution in [3.8, 4) is 0 Å². The second-order valence-electron chi connectivity index (χ2n) is 5.73. The lowest BCUT2D eigenvalue weighted by Gasteiger charge is -2.09. The molecule has 1 rings (SSSR count). The van der Waals surface area contributed by atoms with Gasteiger partial charge in [-0.25, -0.2) is 13.1 Å². The number of rotatable bonds is 10. The number of hydrogen-bond donors (Lipinski definition) is 2. The Morgan fingerprint density at radius 3 is 2.43 bits per heavy atom. The minimum Gasteiger partial charge on any atom is -0.383 e. The average Bonchev–Trinajstić information content (AvgIpc) is 2.52. The van der Waals surface area contributed by atoms with Crippen LogP contribution in [0.3, 0.4) is 0 Å². The molecule has 2 N–H and O–H groups in total. The van der Waals surface area contributed by atoms with E-state index in [1.54, 1.807) is 31.4 Å². The zero-order chi connectivity index (χ0) is 17.3. The minimum atomic E-state index is -3.46. The molecule has 1 aromatic carbocycles. The number of carbonyl (C=O) groups is 1. The summed E-state index contributed by atoms with van der Waals surface area (Å²) in [5, 5.41) is 2.75. The quantitative estimate of drug-likeness (QED) is 0.628. The highest BCUT2D eigenvalue weighted by molar-refractivity contribution is 7.89. The van der Waals surface area contributed by atoms with Crippen molar-refractivity contribution in [1.29, 1.82) is 0 Å². The van der Waals surface area contributed by atoms with Crippen LogP contribution in [0.4, 0.5) is 0 Å². The van der Waals surface area contributed by atoms with Crippen molar-refractivity contribution in [2.75, 3.05) is 26.8 Å². The van der Waals surface area contributed by atoms with Gasteiger partial charge < -0.3 is 10.1 Å². The predicted octanol–water partition coefficient (Wildman–Crippen LogP) is 1.32. The average molecular weight is 342 g/mol. The Morgan fingerprint density at radius 2 is 1.87 bits per heavy atom. The van der Waals surface area contributed by atoms with Gasteiger partial charge in [0.1, 0.15) is 0 Å². The van der Waals surface area contributed by atoms with E-state index < -0.39 is 10.0 Å². The SMILES string of the molecule is COCCNC(=O)CCc1ccc(S(=O)(=O)NCC(C)C)cc1. The summed E-state index contributed by atoms with van der Waals surface area (Å²) in [5.41, 5.74) is 0.926. The summed E-state index contributed by atoms with van der Waals surface area (Å²) in [5.74, 6) is 0.206. The topological polar surface area (TPSA) is 84.5 Å². The molecule has 0 saturated heterocycles. The Hall–Kier alpha value is -1.44. The van der Waals surface area contributed by atoms with Crippen molar-refractivity contribution in [2.24, 2.45) is 5.92 Å². The first-order valence-electron chi connectivity index (χ1n) is 7.69. The third-order valence-electron chi connectivity index (χ3n) is 3.18. The van der Waals surface area contributed by atoms with E-state index in [0.717, 1.165) is 5.56 Å². The predicted molar refractivity (Wildman–Crippen MR) is 89.7 cm³/mol. The molecule has 1 amide bonds. The lowest BCUT2D eigenvalue weighted by Crippen LogP contribution is -2.27. The minimum absolute atomic E-state index is 0.0441. The van der Waals surface area contributed by atoms with E-state index in [4.69, 9.17) is 4.74 Å². The fourth-order valence-corrected chi connectivity index (χ4v) is 3.05. The maximum atomic E-state index is 12.1. The monoisotopic (exact) mass is 342 g/mol. The largest absolute Gasteiger partial charge is 0.383 e. The highest BCUT2D eigenvalue weighted by atomic mass is 32.2. The van der Waals surface area contributed by atoms with Crippen molar-refractivity contribution in [3.05, 3.63) is 29.8 Å². The third kappa shape index (κ3) is 7.58. The van der Waals surface area contributed by atoms with Gasteiger partial charge in [0.15, 0.2) is 0 Å². The van der Waals surface area contributed by atoms with Crippen molar-refractivity contribution in [3.63, 3.8) is 0 Å². The van der Waals surface area contributed by atoms with Crippen LogP contribution in [0.2, 0.25) is 0 Å². The second-order valence-corrected chi connectivity index (χ2v) is 7.50. The molecule has 7 heteroatoms. The molecule has 6 nitrogen and oxygen atoms in total. The Balaban J connectivity index is 2.51. The summed E-state index contributed by atoms with van der Waals surface area (Å²) in [6.45, 7) is 5.29. The molecular weight excluding hydrogens is 316 g/mol. The Labute approximate surface area is 138 Å². The number of nitrogens with one attached hydrogen (secondary N) is 2. The molecule has 0 fully saturated rings. The van der Waals surface area contributed by atoms with Crippen molar-refractivity contribution in [1.82, 2.24) is 10.0 Å². The zero-order valence-corrected chi connectivity index (χ0v) is 14.8. The Kier molecular flexibility index (Phi) is 8.22. The smallest absolute Gasteiger partial charge is 0.240 e. The van der Waals surface area contributed by atoms with Crippen LogP contribution in [0.5, 0.6) is 0 Å². The number of hydrogen-bond acceptors (Lipinski definition) is 4. The van der Waals surface area contributed by atoms with Crippen LogP contribution in [0.1, 0.15) is 25.8 Å². The normalized spacial score (nSPS) is 11.7. The summed E-state index contributed by atoms with van der Waals surface area (Å²) < 4.78 is 31.6. The number of carbonyl (C=O) groups excluding carboxylic acids is 1. The summed E-state index contributed by atoms with van der Waals surface area (Å²) in [4.78, 5) is 11.8. The lowest BCUT2D eigenvalue weighted by molar-refractivity contribution is -0.121. The first-order valence-corrected chi connectivity index (χ1v) is 9.17. The standard InChI is InChI=1S/C16H26N2O4S/c1-13(2)12-18-23(20,21)15-7-4-14(5-8-15)6-9-16(19)17-10-11-22-3/h4-5,7-8,13,18H,6,9-12H2,1-3H3,(H,17,19). The van der Waals surface area contributed by atoms with E-state index >= 15 is 0 Å². The summed E-state index contributed by atoms with van der Waals surface area (Å²) >= 11 is 0. The second kappa shape index (κ2) is 9.64. The van der Waals surface area contributed by atoms with Crippen LogP contribution in [-0.2, 0) is 26.0 Å². The van der Waals surface area contributed by atoms with Gasteiger partial charge in [-0.15, -0.1) is 0 Å². The van der Waals surface area contributed by atoms with Gasteiger partial charge in [-0.05, 0) is 30.0 Å². The van der Waals surface area contributed by atoms with Crippen molar-refractivity contribution < 1.29 is 17.9 Å². The molecule has 1 aromatic rings. The number of methoxy groups -OCH3 is 1. The molecule has 0 aromatic heterocycles. The maximum Gasteiger partial charge on any atom is 0.240 e. The van der Waals surface area contributed by atoms with E-state index in [9.17, 15) is 13.2 Å². The van der Waals surface area contributed by atoms with Gasteiger partial charge in [0.2, 0.25) is 15.9 Å². The van der Waals surface area contributed by atoms with Crippen LogP contribution in [-0.4, -0.2) is 41.1 Å². The molecule has 0 aliphatic rings. The molecule has 0 radical (unpaired) electrons. The lowest BCUT2D eigenvalue weighted by atomic mass is 10.1. The molecular formula is C16H26N2O4S.